The highest BCUT2D eigenvalue weighted by Crippen LogP contribution is 2.34. The van der Waals surface area contributed by atoms with E-state index in [1.807, 2.05) is 44.2 Å². The summed E-state index contributed by atoms with van der Waals surface area (Å²) in [6.45, 7) is 3.82. The first kappa shape index (κ1) is 14.8. The van der Waals surface area contributed by atoms with Gasteiger partial charge in [-0.2, -0.15) is 5.26 Å². The zero-order valence-corrected chi connectivity index (χ0v) is 13.4. The van der Waals surface area contributed by atoms with Crippen LogP contribution in [0.5, 0.6) is 0 Å². The maximum atomic E-state index is 12.7. The Morgan fingerprint density at radius 1 is 1.32 bits per heavy atom. The number of nitriles is 1. The summed E-state index contributed by atoms with van der Waals surface area (Å²) in [5, 5.41) is 9.88. The smallest absolute Gasteiger partial charge is 0.176 e. The van der Waals surface area contributed by atoms with E-state index in [1.54, 1.807) is 0 Å². The maximum Gasteiger partial charge on any atom is 0.176 e. The van der Waals surface area contributed by atoms with Crippen molar-refractivity contribution in [2.45, 2.75) is 37.0 Å². The van der Waals surface area contributed by atoms with Crippen molar-refractivity contribution in [2.75, 3.05) is 0 Å². The lowest BCUT2D eigenvalue weighted by atomic mass is 9.90. The zero-order valence-electron chi connectivity index (χ0n) is 12.6. The van der Waals surface area contributed by atoms with Gasteiger partial charge in [0.2, 0.25) is 0 Å². The second-order valence-electron chi connectivity index (χ2n) is 5.54. The number of carbonyl (C=O) groups is 1. The summed E-state index contributed by atoms with van der Waals surface area (Å²) in [5.74, 6) is 0.150. The molecule has 0 fully saturated rings. The quantitative estimate of drug-likeness (QED) is 0.845. The molecule has 2 aromatic rings. The Kier molecular flexibility index (Phi) is 4.00. The number of nitrogens with zero attached hydrogens (tertiary/aromatic N) is 2. The van der Waals surface area contributed by atoms with Gasteiger partial charge in [0.25, 0.3) is 0 Å². The van der Waals surface area contributed by atoms with Crippen LogP contribution in [-0.4, -0.2) is 16.0 Å². The van der Waals surface area contributed by atoms with Gasteiger partial charge in [-0.25, -0.2) is 4.98 Å². The third-order valence-corrected chi connectivity index (χ3v) is 5.18. The standard InChI is InChI=1S/C18H16N2OS/c1-11-9-12(2)20-18(15(11)10-19)22-16-8-7-13-5-3-4-6-14(13)17(16)21/h3-6,9,16H,7-8H2,1-2H3/t16-/m1/s1. The molecule has 0 saturated carbocycles. The number of fused-ring (bicyclic) bond motifs is 1. The molecular weight excluding hydrogens is 292 g/mol. The summed E-state index contributed by atoms with van der Waals surface area (Å²) in [6, 6.07) is 11.9. The average Bonchev–Trinajstić information content (AvgIpc) is 2.50. The first-order valence-corrected chi connectivity index (χ1v) is 8.15. The molecule has 22 heavy (non-hydrogen) atoms. The van der Waals surface area contributed by atoms with E-state index in [0.29, 0.717) is 10.6 Å². The van der Waals surface area contributed by atoms with Crippen LogP contribution < -0.4 is 0 Å². The van der Waals surface area contributed by atoms with Gasteiger partial charge in [0, 0.05) is 11.3 Å². The topological polar surface area (TPSA) is 53.8 Å². The molecule has 1 aromatic heterocycles. The highest BCUT2D eigenvalue weighted by atomic mass is 32.2. The highest BCUT2D eigenvalue weighted by Gasteiger charge is 2.29. The maximum absolute atomic E-state index is 12.7. The van der Waals surface area contributed by atoms with E-state index in [0.717, 1.165) is 35.2 Å². The number of ketones is 1. The Balaban J connectivity index is 1.93. The number of carbonyl (C=O) groups excluding carboxylic acids is 1. The van der Waals surface area contributed by atoms with Crippen molar-refractivity contribution < 1.29 is 4.79 Å². The molecule has 0 bridgehead atoms. The van der Waals surface area contributed by atoms with Crippen LogP contribution >= 0.6 is 11.8 Å². The fourth-order valence-electron chi connectivity index (χ4n) is 2.84. The van der Waals surface area contributed by atoms with Crippen LogP contribution in [0.1, 0.15) is 39.2 Å². The predicted molar refractivity (Wildman–Crippen MR) is 87.2 cm³/mol. The molecule has 3 nitrogen and oxygen atoms in total. The number of hydrogen-bond donors (Lipinski definition) is 0. The van der Waals surface area contributed by atoms with E-state index < -0.39 is 0 Å². The summed E-state index contributed by atoms with van der Waals surface area (Å²) in [4.78, 5) is 17.1. The van der Waals surface area contributed by atoms with E-state index in [4.69, 9.17) is 0 Å². The van der Waals surface area contributed by atoms with E-state index in [9.17, 15) is 10.1 Å². The lowest BCUT2D eigenvalue weighted by Crippen LogP contribution is -2.25. The SMILES string of the molecule is Cc1cc(C)c(C#N)c(S[C@@H]2CCc3ccccc3C2=O)n1. The van der Waals surface area contributed by atoms with Crippen LogP contribution in [0, 0.1) is 25.2 Å². The lowest BCUT2D eigenvalue weighted by molar-refractivity contribution is 0.0979. The second-order valence-corrected chi connectivity index (χ2v) is 6.73. The van der Waals surface area contributed by atoms with Crippen molar-refractivity contribution in [1.82, 2.24) is 4.98 Å². The number of Topliss-reactive ketones (excluding diaryl/α,β-unsaturated/α-hetero) is 1. The van der Waals surface area contributed by atoms with Gasteiger partial charge in [-0.15, -0.1) is 0 Å². The van der Waals surface area contributed by atoms with Crippen LogP contribution in [0.4, 0.5) is 0 Å². The minimum absolute atomic E-state index is 0.150. The second kappa shape index (κ2) is 5.94. The summed E-state index contributed by atoms with van der Waals surface area (Å²) in [5.41, 5.74) is 4.32. The van der Waals surface area contributed by atoms with E-state index in [1.165, 1.54) is 11.8 Å². The molecule has 0 spiro atoms. The molecular formula is C18H16N2OS. The van der Waals surface area contributed by atoms with Gasteiger partial charge in [0.1, 0.15) is 11.1 Å². The molecule has 4 heteroatoms. The Morgan fingerprint density at radius 2 is 2.09 bits per heavy atom. The Bertz CT molecular complexity index is 792. The van der Waals surface area contributed by atoms with E-state index in [-0.39, 0.29) is 11.0 Å². The van der Waals surface area contributed by atoms with Crippen molar-refractivity contribution >= 4 is 17.5 Å². The Morgan fingerprint density at radius 3 is 2.86 bits per heavy atom. The van der Waals surface area contributed by atoms with E-state index >= 15 is 0 Å². The third kappa shape index (κ3) is 2.65. The summed E-state index contributed by atoms with van der Waals surface area (Å²) in [6.07, 6.45) is 1.69. The van der Waals surface area contributed by atoms with Gasteiger partial charge >= 0.3 is 0 Å². The molecule has 1 aromatic carbocycles. The molecule has 0 radical (unpaired) electrons. The Hall–Kier alpha value is -2.12. The lowest BCUT2D eigenvalue weighted by Gasteiger charge is -2.23. The number of thioether (sulfide) groups is 1. The van der Waals surface area contributed by atoms with Crippen LogP contribution in [0.2, 0.25) is 0 Å². The molecule has 110 valence electrons. The number of hydrogen-bond acceptors (Lipinski definition) is 4. The molecule has 0 unspecified atom stereocenters. The summed E-state index contributed by atoms with van der Waals surface area (Å²) < 4.78 is 0. The van der Waals surface area contributed by atoms with Crippen molar-refractivity contribution in [1.29, 1.82) is 5.26 Å². The molecule has 1 heterocycles. The first-order chi connectivity index (χ1) is 10.6. The number of benzene rings is 1. The van der Waals surface area contributed by atoms with Crippen molar-refractivity contribution in [3.8, 4) is 6.07 Å². The third-order valence-electron chi connectivity index (χ3n) is 3.93. The Labute approximate surface area is 134 Å². The molecule has 0 N–H and O–H groups in total. The normalized spacial score (nSPS) is 17.0. The monoisotopic (exact) mass is 308 g/mol. The van der Waals surface area contributed by atoms with Crippen molar-refractivity contribution in [3.63, 3.8) is 0 Å². The summed E-state index contributed by atoms with van der Waals surface area (Å²) >= 11 is 1.43. The van der Waals surface area contributed by atoms with Crippen LogP contribution in [-0.2, 0) is 6.42 Å². The minimum atomic E-state index is -0.157. The van der Waals surface area contributed by atoms with Gasteiger partial charge in [-0.3, -0.25) is 4.79 Å². The number of rotatable bonds is 2. The summed E-state index contributed by atoms with van der Waals surface area (Å²) in [7, 11) is 0. The van der Waals surface area contributed by atoms with E-state index in [2.05, 4.69) is 11.1 Å². The van der Waals surface area contributed by atoms with Gasteiger partial charge < -0.3 is 0 Å². The molecule has 0 amide bonds. The molecule has 1 atom stereocenters. The van der Waals surface area contributed by atoms with Crippen molar-refractivity contribution in [3.05, 3.63) is 58.3 Å². The molecule has 0 saturated heterocycles. The van der Waals surface area contributed by atoms with Crippen LogP contribution in [0.3, 0.4) is 0 Å². The highest BCUT2D eigenvalue weighted by molar-refractivity contribution is 8.00. The first-order valence-electron chi connectivity index (χ1n) is 7.27. The molecule has 0 aliphatic heterocycles. The molecule has 3 rings (SSSR count). The van der Waals surface area contributed by atoms with Gasteiger partial charge in [0.05, 0.1) is 10.8 Å². The fourth-order valence-corrected chi connectivity index (χ4v) is 4.10. The van der Waals surface area contributed by atoms with Gasteiger partial charge in [-0.05, 0) is 43.9 Å². The van der Waals surface area contributed by atoms with Crippen molar-refractivity contribution in [2.24, 2.45) is 0 Å². The zero-order chi connectivity index (χ0) is 15.7. The minimum Gasteiger partial charge on any atom is -0.293 e. The van der Waals surface area contributed by atoms with Crippen LogP contribution in [0.25, 0.3) is 0 Å². The largest absolute Gasteiger partial charge is 0.293 e. The van der Waals surface area contributed by atoms with Gasteiger partial charge in [-0.1, -0.05) is 36.0 Å². The molecule has 1 aliphatic rings. The number of aromatic nitrogens is 1. The van der Waals surface area contributed by atoms with Crippen LogP contribution in [0.15, 0.2) is 35.4 Å². The predicted octanol–water partition coefficient (Wildman–Crippen LogP) is 3.86. The fraction of sp³-hybridized carbons (Fsp3) is 0.278. The number of aryl methyl sites for hydroxylation is 3. The molecule has 1 aliphatic carbocycles. The average molecular weight is 308 g/mol. The number of pyridine rings is 1. The van der Waals surface area contributed by atoms with Gasteiger partial charge in [0.15, 0.2) is 5.78 Å².